The number of nitrogens with zero attached hydrogens (tertiary/aromatic N) is 3. The molecule has 1 aromatic rings. The van der Waals surface area contributed by atoms with Gasteiger partial charge in [0.2, 0.25) is 21.8 Å². The topological polar surface area (TPSA) is 90.0 Å². The van der Waals surface area contributed by atoms with Crippen molar-refractivity contribution in [1.82, 2.24) is 19.4 Å². The minimum Gasteiger partial charge on any atom is -0.352 e. The molecule has 2 amide bonds. The maximum atomic E-state index is 12.9. The SMILES string of the molecule is CC(=O)N1CCC(NC(=O)CN2CCN(S(=O)(=O)c3cc(C)sc3C)CC2)CC1. The van der Waals surface area contributed by atoms with Crippen LogP contribution in [0, 0.1) is 13.8 Å². The molecule has 2 saturated heterocycles. The van der Waals surface area contributed by atoms with E-state index in [1.165, 1.54) is 15.6 Å². The van der Waals surface area contributed by atoms with Crippen molar-refractivity contribution in [3.63, 3.8) is 0 Å². The van der Waals surface area contributed by atoms with Crippen LogP contribution in [-0.2, 0) is 19.6 Å². The van der Waals surface area contributed by atoms with E-state index >= 15 is 0 Å². The van der Waals surface area contributed by atoms with E-state index < -0.39 is 10.0 Å². The molecule has 1 aromatic heterocycles. The minimum absolute atomic E-state index is 0.0353. The van der Waals surface area contributed by atoms with Crippen LogP contribution in [0.15, 0.2) is 11.0 Å². The van der Waals surface area contributed by atoms with Gasteiger partial charge in [-0.3, -0.25) is 14.5 Å². The van der Waals surface area contributed by atoms with Crippen LogP contribution >= 0.6 is 11.3 Å². The zero-order valence-corrected chi connectivity index (χ0v) is 18.9. The molecule has 3 rings (SSSR count). The van der Waals surface area contributed by atoms with Crippen molar-refractivity contribution < 1.29 is 18.0 Å². The molecule has 2 fully saturated rings. The molecule has 3 heterocycles. The van der Waals surface area contributed by atoms with Crippen molar-refractivity contribution in [3.05, 3.63) is 15.8 Å². The molecule has 0 bridgehead atoms. The summed E-state index contributed by atoms with van der Waals surface area (Å²) in [6.07, 6.45) is 1.55. The number of hydrogen-bond acceptors (Lipinski definition) is 6. The number of piperidine rings is 1. The first kappa shape index (κ1) is 22.2. The molecule has 29 heavy (non-hydrogen) atoms. The number of sulfonamides is 1. The Bertz CT molecular complexity index is 852. The number of thiophene rings is 1. The average molecular weight is 443 g/mol. The van der Waals surface area contributed by atoms with Gasteiger partial charge in [0, 0.05) is 62.0 Å². The lowest BCUT2D eigenvalue weighted by atomic mass is 10.1. The summed E-state index contributed by atoms with van der Waals surface area (Å²) < 4.78 is 27.3. The number of nitrogens with one attached hydrogen (secondary N) is 1. The number of amides is 2. The van der Waals surface area contributed by atoms with Gasteiger partial charge in [-0.05, 0) is 32.8 Å². The van der Waals surface area contributed by atoms with Crippen LogP contribution in [0.25, 0.3) is 0 Å². The van der Waals surface area contributed by atoms with E-state index in [4.69, 9.17) is 0 Å². The molecule has 2 aliphatic rings. The summed E-state index contributed by atoms with van der Waals surface area (Å²) in [6.45, 7) is 8.81. The molecular weight excluding hydrogens is 412 g/mol. The monoisotopic (exact) mass is 442 g/mol. The molecule has 8 nitrogen and oxygen atoms in total. The van der Waals surface area contributed by atoms with Crippen LogP contribution < -0.4 is 5.32 Å². The lowest BCUT2D eigenvalue weighted by Crippen LogP contribution is -2.52. The molecule has 162 valence electrons. The number of rotatable bonds is 5. The van der Waals surface area contributed by atoms with Gasteiger partial charge in [0.25, 0.3) is 0 Å². The highest BCUT2D eigenvalue weighted by Gasteiger charge is 2.31. The summed E-state index contributed by atoms with van der Waals surface area (Å²) in [4.78, 5) is 29.8. The summed E-state index contributed by atoms with van der Waals surface area (Å²) in [7, 11) is -3.47. The molecule has 0 radical (unpaired) electrons. The molecular formula is C19H30N4O4S2. The van der Waals surface area contributed by atoms with E-state index in [0.717, 1.165) is 22.6 Å². The Morgan fingerprint density at radius 1 is 1.10 bits per heavy atom. The summed E-state index contributed by atoms with van der Waals surface area (Å²) in [6, 6.07) is 1.84. The van der Waals surface area contributed by atoms with E-state index in [9.17, 15) is 18.0 Å². The number of aryl methyl sites for hydroxylation is 2. The summed E-state index contributed by atoms with van der Waals surface area (Å²) in [5.41, 5.74) is 0. The maximum absolute atomic E-state index is 12.9. The Labute approximate surface area is 176 Å². The molecule has 0 aliphatic carbocycles. The third-order valence-electron chi connectivity index (χ3n) is 5.62. The molecule has 0 unspecified atom stereocenters. The molecule has 1 N–H and O–H groups in total. The van der Waals surface area contributed by atoms with Crippen molar-refractivity contribution in [2.75, 3.05) is 45.8 Å². The lowest BCUT2D eigenvalue weighted by molar-refractivity contribution is -0.130. The van der Waals surface area contributed by atoms with E-state index in [0.29, 0.717) is 44.2 Å². The fourth-order valence-electron chi connectivity index (χ4n) is 3.95. The largest absolute Gasteiger partial charge is 0.352 e. The van der Waals surface area contributed by atoms with Crippen LogP contribution in [0.4, 0.5) is 0 Å². The van der Waals surface area contributed by atoms with Gasteiger partial charge in [-0.1, -0.05) is 0 Å². The highest BCUT2D eigenvalue weighted by atomic mass is 32.2. The van der Waals surface area contributed by atoms with Crippen LogP contribution in [0.2, 0.25) is 0 Å². The number of carbonyl (C=O) groups excluding carboxylic acids is 2. The third-order valence-corrected chi connectivity index (χ3v) is 8.74. The predicted octanol–water partition coefficient (Wildman–Crippen LogP) is 0.798. The van der Waals surface area contributed by atoms with E-state index in [2.05, 4.69) is 5.32 Å². The standard InChI is InChI=1S/C19H30N4O4S2/c1-14-12-18(15(2)28-14)29(26,27)23-10-8-21(9-11-23)13-19(25)20-17-4-6-22(7-5-17)16(3)24/h12,17H,4-11,13H2,1-3H3,(H,20,25). The first-order chi connectivity index (χ1) is 13.7. The number of likely N-dealkylation sites (tertiary alicyclic amines) is 1. The Kier molecular flexibility index (Phi) is 6.98. The number of carbonyl (C=O) groups is 2. The molecule has 0 aromatic carbocycles. The number of hydrogen-bond donors (Lipinski definition) is 1. The second kappa shape index (κ2) is 9.11. The normalized spacial score (nSPS) is 20.0. The third kappa shape index (κ3) is 5.36. The quantitative estimate of drug-likeness (QED) is 0.729. The zero-order valence-electron chi connectivity index (χ0n) is 17.3. The van der Waals surface area contributed by atoms with Gasteiger partial charge >= 0.3 is 0 Å². The van der Waals surface area contributed by atoms with Gasteiger partial charge in [-0.25, -0.2) is 8.42 Å². The van der Waals surface area contributed by atoms with Gasteiger partial charge in [-0.15, -0.1) is 11.3 Å². The zero-order chi connectivity index (χ0) is 21.2. The van der Waals surface area contributed by atoms with Gasteiger partial charge < -0.3 is 10.2 Å². The lowest BCUT2D eigenvalue weighted by Gasteiger charge is -2.35. The first-order valence-electron chi connectivity index (χ1n) is 10.0. The molecule has 10 heteroatoms. The summed E-state index contributed by atoms with van der Waals surface area (Å²) >= 11 is 1.50. The Morgan fingerprint density at radius 3 is 2.24 bits per heavy atom. The highest BCUT2D eigenvalue weighted by Crippen LogP contribution is 2.28. The predicted molar refractivity (Wildman–Crippen MR) is 112 cm³/mol. The van der Waals surface area contributed by atoms with Gasteiger partial charge in [0.15, 0.2) is 0 Å². The van der Waals surface area contributed by atoms with Crippen LogP contribution in [0.3, 0.4) is 0 Å². The minimum atomic E-state index is -3.47. The van der Waals surface area contributed by atoms with E-state index in [1.54, 1.807) is 17.9 Å². The Balaban J connectivity index is 1.46. The van der Waals surface area contributed by atoms with Crippen molar-refractivity contribution in [2.45, 2.75) is 44.6 Å². The van der Waals surface area contributed by atoms with Gasteiger partial charge in [0.1, 0.15) is 0 Å². The fourth-order valence-corrected chi connectivity index (χ4v) is 6.89. The number of piperazine rings is 1. The average Bonchev–Trinajstić information content (AvgIpc) is 3.01. The van der Waals surface area contributed by atoms with Gasteiger partial charge in [0.05, 0.1) is 11.4 Å². The van der Waals surface area contributed by atoms with Crippen molar-refractivity contribution in [1.29, 1.82) is 0 Å². The van der Waals surface area contributed by atoms with Crippen molar-refractivity contribution >= 4 is 33.2 Å². The van der Waals surface area contributed by atoms with Crippen molar-refractivity contribution in [3.8, 4) is 0 Å². The van der Waals surface area contributed by atoms with Gasteiger partial charge in [-0.2, -0.15) is 4.31 Å². The maximum Gasteiger partial charge on any atom is 0.244 e. The summed E-state index contributed by atoms with van der Waals surface area (Å²) in [5, 5.41) is 3.05. The summed E-state index contributed by atoms with van der Waals surface area (Å²) in [5.74, 6) is 0.0438. The Hall–Kier alpha value is -1.49. The van der Waals surface area contributed by atoms with Crippen molar-refractivity contribution in [2.24, 2.45) is 0 Å². The van der Waals surface area contributed by atoms with E-state index in [-0.39, 0.29) is 24.4 Å². The second-order valence-corrected chi connectivity index (χ2v) is 11.2. The molecule has 0 atom stereocenters. The molecule has 0 saturated carbocycles. The highest BCUT2D eigenvalue weighted by molar-refractivity contribution is 7.89. The van der Waals surface area contributed by atoms with E-state index in [1.807, 2.05) is 18.7 Å². The first-order valence-corrected chi connectivity index (χ1v) is 12.3. The van der Waals surface area contributed by atoms with Crippen LogP contribution in [0.5, 0.6) is 0 Å². The second-order valence-electron chi connectivity index (χ2n) is 7.81. The fraction of sp³-hybridized carbons (Fsp3) is 0.684. The Morgan fingerprint density at radius 2 is 1.72 bits per heavy atom. The van der Waals surface area contributed by atoms with Crippen LogP contribution in [0.1, 0.15) is 29.5 Å². The van der Waals surface area contributed by atoms with Crippen LogP contribution in [-0.4, -0.2) is 86.2 Å². The smallest absolute Gasteiger partial charge is 0.244 e. The molecule has 0 spiro atoms. The molecule has 2 aliphatic heterocycles.